The molecule has 16 heavy (non-hydrogen) atoms. The molecule has 0 atom stereocenters. The molecule has 5 heteroatoms. The molecule has 2 aromatic rings. The van der Waals surface area contributed by atoms with Crippen LogP contribution >= 0.6 is 22.7 Å². The largest absolute Gasteiger partial charge is 0.461 e. The maximum absolute atomic E-state index is 11.5. The van der Waals surface area contributed by atoms with Crippen molar-refractivity contribution in [3.05, 3.63) is 27.4 Å². The Kier molecular flexibility index (Phi) is 3.36. The summed E-state index contributed by atoms with van der Waals surface area (Å²) in [5, 5.41) is 2.43. The SMILES string of the molecule is CCOC(=O)c1nc(-c2cccs2)c(C)s1. The molecule has 0 fully saturated rings. The zero-order chi connectivity index (χ0) is 11.5. The summed E-state index contributed by atoms with van der Waals surface area (Å²) in [6, 6.07) is 3.98. The van der Waals surface area contributed by atoms with Gasteiger partial charge in [0.1, 0.15) is 0 Å². The fraction of sp³-hybridized carbons (Fsp3) is 0.273. The monoisotopic (exact) mass is 253 g/mol. The van der Waals surface area contributed by atoms with Gasteiger partial charge in [0, 0.05) is 4.88 Å². The lowest BCUT2D eigenvalue weighted by Crippen LogP contribution is -2.03. The molecule has 0 saturated heterocycles. The maximum atomic E-state index is 11.5. The van der Waals surface area contributed by atoms with Crippen molar-refractivity contribution >= 4 is 28.6 Å². The van der Waals surface area contributed by atoms with Crippen LogP contribution in [-0.4, -0.2) is 17.6 Å². The van der Waals surface area contributed by atoms with Gasteiger partial charge < -0.3 is 4.74 Å². The first kappa shape index (κ1) is 11.3. The minimum absolute atomic E-state index is 0.335. The van der Waals surface area contributed by atoms with Crippen molar-refractivity contribution in [2.45, 2.75) is 13.8 Å². The van der Waals surface area contributed by atoms with Gasteiger partial charge in [-0.15, -0.1) is 22.7 Å². The molecule has 0 unspecified atom stereocenters. The van der Waals surface area contributed by atoms with Crippen LogP contribution in [0.15, 0.2) is 17.5 Å². The Bertz CT molecular complexity index is 488. The Morgan fingerprint density at radius 1 is 1.56 bits per heavy atom. The fourth-order valence-electron chi connectivity index (χ4n) is 1.32. The first-order valence-electron chi connectivity index (χ1n) is 4.90. The third-order valence-electron chi connectivity index (χ3n) is 2.00. The number of thiazole rings is 1. The van der Waals surface area contributed by atoms with Crippen molar-refractivity contribution in [3.8, 4) is 10.6 Å². The summed E-state index contributed by atoms with van der Waals surface area (Å²) in [5.74, 6) is -0.335. The number of aryl methyl sites for hydroxylation is 1. The zero-order valence-corrected chi connectivity index (χ0v) is 10.7. The summed E-state index contributed by atoms with van der Waals surface area (Å²) >= 11 is 3.00. The number of rotatable bonds is 3. The maximum Gasteiger partial charge on any atom is 0.367 e. The van der Waals surface area contributed by atoms with Gasteiger partial charge in [-0.05, 0) is 25.3 Å². The third kappa shape index (κ3) is 2.15. The second kappa shape index (κ2) is 4.76. The molecular weight excluding hydrogens is 242 g/mol. The number of ether oxygens (including phenoxy) is 1. The molecule has 2 heterocycles. The van der Waals surface area contributed by atoms with E-state index in [2.05, 4.69) is 4.98 Å². The number of aromatic nitrogens is 1. The van der Waals surface area contributed by atoms with Gasteiger partial charge >= 0.3 is 5.97 Å². The summed E-state index contributed by atoms with van der Waals surface area (Å²) in [6.07, 6.45) is 0. The number of hydrogen-bond acceptors (Lipinski definition) is 5. The number of esters is 1. The summed E-state index contributed by atoms with van der Waals surface area (Å²) in [5.41, 5.74) is 0.892. The number of carbonyl (C=O) groups excluding carboxylic acids is 1. The van der Waals surface area contributed by atoms with Crippen LogP contribution in [0.5, 0.6) is 0 Å². The molecule has 0 aliphatic carbocycles. The van der Waals surface area contributed by atoms with Crippen molar-refractivity contribution in [2.75, 3.05) is 6.61 Å². The lowest BCUT2D eigenvalue weighted by atomic mass is 10.3. The van der Waals surface area contributed by atoms with Crippen molar-refractivity contribution < 1.29 is 9.53 Å². The van der Waals surface area contributed by atoms with Crippen LogP contribution < -0.4 is 0 Å². The molecule has 0 spiro atoms. The highest BCUT2D eigenvalue weighted by Gasteiger charge is 2.16. The topological polar surface area (TPSA) is 39.2 Å². The van der Waals surface area contributed by atoms with Crippen LogP contribution in [0.25, 0.3) is 10.6 Å². The summed E-state index contributed by atoms with van der Waals surface area (Å²) in [7, 11) is 0. The first-order valence-corrected chi connectivity index (χ1v) is 6.60. The molecule has 0 aliphatic rings. The van der Waals surface area contributed by atoms with Gasteiger partial charge in [0.05, 0.1) is 17.2 Å². The third-order valence-corrected chi connectivity index (χ3v) is 3.83. The van der Waals surface area contributed by atoms with Crippen LogP contribution in [0.2, 0.25) is 0 Å². The molecule has 0 radical (unpaired) electrons. The average molecular weight is 253 g/mol. The Labute approximate surface area is 102 Å². The smallest absolute Gasteiger partial charge is 0.367 e. The van der Waals surface area contributed by atoms with Gasteiger partial charge in [-0.3, -0.25) is 0 Å². The van der Waals surface area contributed by atoms with E-state index >= 15 is 0 Å². The second-order valence-corrected chi connectivity index (χ2v) is 5.27. The van der Waals surface area contributed by atoms with Gasteiger partial charge in [-0.1, -0.05) is 6.07 Å². The predicted octanol–water partition coefficient (Wildman–Crippen LogP) is 3.36. The Balaban J connectivity index is 2.32. The van der Waals surface area contributed by atoms with E-state index in [9.17, 15) is 4.79 Å². The molecule has 2 rings (SSSR count). The highest BCUT2D eigenvalue weighted by molar-refractivity contribution is 7.16. The summed E-state index contributed by atoms with van der Waals surface area (Å²) in [6.45, 7) is 4.14. The minimum Gasteiger partial charge on any atom is -0.461 e. The van der Waals surface area contributed by atoms with Crippen LogP contribution in [0.1, 0.15) is 21.6 Å². The summed E-state index contributed by atoms with van der Waals surface area (Å²) in [4.78, 5) is 18.0. The van der Waals surface area contributed by atoms with E-state index in [0.717, 1.165) is 15.4 Å². The van der Waals surface area contributed by atoms with Gasteiger partial charge in [0.25, 0.3) is 0 Å². The Morgan fingerprint density at radius 2 is 2.38 bits per heavy atom. The minimum atomic E-state index is -0.335. The van der Waals surface area contributed by atoms with Gasteiger partial charge in [-0.2, -0.15) is 0 Å². The molecule has 0 amide bonds. The average Bonchev–Trinajstić information content (AvgIpc) is 2.86. The van der Waals surface area contributed by atoms with Crippen molar-refractivity contribution in [2.24, 2.45) is 0 Å². The molecule has 84 valence electrons. The van der Waals surface area contributed by atoms with Gasteiger partial charge in [0.2, 0.25) is 5.01 Å². The molecule has 0 aromatic carbocycles. The normalized spacial score (nSPS) is 10.4. The van der Waals surface area contributed by atoms with Crippen LogP contribution in [-0.2, 0) is 4.74 Å². The van der Waals surface area contributed by atoms with E-state index in [-0.39, 0.29) is 5.97 Å². The van der Waals surface area contributed by atoms with E-state index < -0.39 is 0 Å². The van der Waals surface area contributed by atoms with Crippen LogP contribution in [0, 0.1) is 6.92 Å². The highest BCUT2D eigenvalue weighted by Crippen LogP contribution is 2.30. The molecule has 3 nitrogen and oxygen atoms in total. The fourth-order valence-corrected chi connectivity index (χ4v) is 2.98. The van der Waals surface area contributed by atoms with Crippen molar-refractivity contribution in [1.29, 1.82) is 0 Å². The molecule has 0 saturated carbocycles. The molecule has 0 aliphatic heterocycles. The Morgan fingerprint density at radius 3 is 3.00 bits per heavy atom. The molecular formula is C11H11NO2S2. The van der Waals surface area contributed by atoms with Gasteiger partial charge in [-0.25, -0.2) is 9.78 Å². The van der Waals surface area contributed by atoms with E-state index in [1.54, 1.807) is 18.3 Å². The quantitative estimate of drug-likeness (QED) is 0.787. The first-order chi connectivity index (χ1) is 7.72. The predicted molar refractivity (Wildman–Crippen MR) is 66.1 cm³/mol. The Hall–Kier alpha value is -1.20. The van der Waals surface area contributed by atoms with E-state index in [1.165, 1.54) is 11.3 Å². The molecule has 0 bridgehead atoms. The number of nitrogens with zero attached hydrogens (tertiary/aromatic N) is 1. The standard InChI is InChI=1S/C11H11NO2S2/c1-3-14-11(13)10-12-9(7(2)16-10)8-5-4-6-15-8/h4-6H,3H2,1-2H3. The number of hydrogen-bond donors (Lipinski definition) is 0. The number of thiophene rings is 1. The molecule has 2 aromatic heterocycles. The van der Waals surface area contributed by atoms with Gasteiger partial charge in [0.15, 0.2) is 0 Å². The van der Waals surface area contributed by atoms with Crippen molar-refractivity contribution in [3.63, 3.8) is 0 Å². The van der Waals surface area contributed by atoms with E-state index in [0.29, 0.717) is 11.6 Å². The van der Waals surface area contributed by atoms with Crippen LogP contribution in [0.3, 0.4) is 0 Å². The van der Waals surface area contributed by atoms with Crippen LogP contribution in [0.4, 0.5) is 0 Å². The number of carbonyl (C=O) groups is 1. The lowest BCUT2D eigenvalue weighted by Gasteiger charge is -1.95. The summed E-state index contributed by atoms with van der Waals surface area (Å²) < 4.78 is 4.93. The zero-order valence-electron chi connectivity index (χ0n) is 9.02. The lowest BCUT2D eigenvalue weighted by molar-refractivity contribution is 0.0526. The second-order valence-electron chi connectivity index (χ2n) is 3.12. The van der Waals surface area contributed by atoms with E-state index in [1.807, 2.05) is 24.4 Å². The van der Waals surface area contributed by atoms with Crippen molar-refractivity contribution in [1.82, 2.24) is 4.98 Å². The van der Waals surface area contributed by atoms with E-state index in [4.69, 9.17) is 4.74 Å². The highest BCUT2D eigenvalue weighted by atomic mass is 32.1. The molecule has 0 N–H and O–H groups in total.